The van der Waals surface area contributed by atoms with Crippen LogP contribution in [0.15, 0.2) is 24.3 Å². The topological polar surface area (TPSA) is 91.1 Å². The Morgan fingerprint density at radius 2 is 1.77 bits per heavy atom. The molecule has 3 fully saturated rings. The highest BCUT2D eigenvalue weighted by Gasteiger charge is 2.51. The van der Waals surface area contributed by atoms with Crippen LogP contribution >= 0.6 is 11.3 Å². The van der Waals surface area contributed by atoms with Gasteiger partial charge in [0, 0.05) is 60.3 Å². The zero-order valence-corrected chi connectivity index (χ0v) is 23.1. The molecule has 2 aliphatic carbocycles. The molecule has 6 nitrogen and oxygen atoms in total. The van der Waals surface area contributed by atoms with E-state index >= 15 is 0 Å². The Balaban J connectivity index is 1.48. The number of aromatic nitrogens is 1. The van der Waals surface area contributed by atoms with Crippen molar-refractivity contribution < 1.29 is 35.2 Å². The average molecular weight is 602 g/mol. The number of nitrogens with zero attached hydrogens (tertiary/aromatic N) is 3. The second kappa shape index (κ2) is 10.4. The minimum atomic E-state index is -4.52. The number of alkyl halides is 5. The first-order valence-corrected chi connectivity index (χ1v) is 15.8. The second-order valence-electron chi connectivity index (χ2n) is 11.1. The summed E-state index contributed by atoms with van der Waals surface area (Å²) in [6, 6.07) is 8.95. The van der Waals surface area contributed by atoms with E-state index in [2.05, 4.69) is 11.1 Å². The fourth-order valence-electron chi connectivity index (χ4n) is 5.61. The summed E-state index contributed by atoms with van der Waals surface area (Å²) in [5.41, 5.74) is 0.664. The summed E-state index contributed by atoms with van der Waals surface area (Å²) in [6.07, 6.45) is -6.16. The Kier molecular flexibility index (Phi) is 7.48. The Labute approximate surface area is 233 Å². The molecule has 5 rings (SSSR count). The van der Waals surface area contributed by atoms with E-state index in [1.807, 2.05) is 4.90 Å². The van der Waals surface area contributed by atoms with Crippen LogP contribution in [0, 0.1) is 22.7 Å². The lowest BCUT2D eigenvalue weighted by atomic mass is 9.72. The van der Waals surface area contributed by atoms with Crippen LogP contribution < -0.4 is 4.90 Å². The van der Waals surface area contributed by atoms with Crippen LogP contribution in [0.2, 0.25) is 0 Å². The summed E-state index contributed by atoms with van der Waals surface area (Å²) in [4.78, 5) is 19.9. The highest BCUT2D eigenvalue weighted by Crippen LogP contribution is 2.53. The van der Waals surface area contributed by atoms with Crippen molar-refractivity contribution in [3.63, 3.8) is 0 Å². The molecule has 0 radical (unpaired) electrons. The molecular weight excluding hydrogens is 573 g/mol. The van der Waals surface area contributed by atoms with Gasteiger partial charge in [-0.2, -0.15) is 18.4 Å². The summed E-state index contributed by atoms with van der Waals surface area (Å²) in [6.45, 7) is 0.646. The monoisotopic (exact) mass is 601 g/mol. The van der Waals surface area contributed by atoms with E-state index in [0.29, 0.717) is 36.4 Å². The van der Waals surface area contributed by atoms with E-state index in [0.717, 1.165) is 17.0 Å². The quantitative estimate of drug-likeness (QED) is 0.366. The van der Waals surface area contributed by atoms with Crippen molar-refractivity contribution in [3.8, 4) is 17.3 Å². The van der Waals surface area contributed by atoms with Gasteiger partial charge in [0.25, 0.3) is 0 Å². The Hall–Kier alpha value is -2.59. The molecule has 2 heterocycles. The third-order valence-corrected chi connectivity index (χ3v) is 10.9. The molecule has 2 saturated carbocycles. The fourth-order valence-corrected chi connectivity index (χ4v) is 8.13. The summed E-state index contributed by atoms with van der Waals surface area (Å²) < 4.78 is 92.5. The first kappa shape index (κ1) is 28.9. The maximum Gasteiger partial charge on any atom is 0.395 e. The largest absolute Gasteiger partial charge is 0.395 e. The molecule has 1 aromatic heterocycles. The molecule has 0 unspecified atom stereocenters. The van der Waals surface area contributed by atoms with E-state index in [4.69, 9.17) is 0 Å². The normalized spacial score (nSPS) is 25.2. The molecule has 13 heteroatoms. The lowest BCUT2D eigenvalue weighted by Gasteiger charge is -2.35. The molecule has 3 aliphatic rings. The number of nitriles is 1. The number of halogens is 5. The molecule has 1 aromatic carbocycles. The fraction of sp³-hybridized carbons (Fsp3) is 0.593. The summed E-state index contributed by atoms with van der Waals surface area (Å²) in [5, 5.41) is 9.23. The van der Waals surface area contributed by atoms with Gasteiger partial charge in [0.15, 0.2) is 9.84 Å². The minimum absolute atomic E-state index is 0.0284. The van der Waals surface area contributed by atoms with Crippen molar-refractivity contribution in [3.05, 3.63) is 34.2 Å². The summed E-state index contributed by atoms with van der Waals surface area (Å²) in [7, 11) is -3.08. The zero-order valence-electron chi connectivity index (χ0n) is 21.5. The van der Waals surface area contributed by atoms with Crippen molar-refractivity contribution in [2.24, 2.45) is 11.3 Å². The van der Waals surface area contributed by atoms with Crippen LogP contribution in [0.25, 0.3) is 11.3 Å². The molecule has 0 spiro atoms. The Morgan fingerprint density at radius 1 is 1.12 bits per heavy atom. The third-order valence-electron chi connectivity index (χ3n) is 8.08. The smallest absolute Gasteiger partial charge is 0.369 e. The van der Waals surface area contributed by atoms with Crippen molar-refractivity contribution in [2.45, 2.75) is 63.0 Å². The van der Waals surface area contributed by atoms with E-state index in [1.165, 1.54) is 0 Å². The zero-order chi connectivity index (χ0) is 28.9. The highest BCUT2D eigenvalue weighted by molar-refractivity contribution is 7.91. The van der Waals surface area contributed by atoms with Crippen molar-refractivity contribution in [1.82, 2.24) is 4.98 Å². The standard InChI is InChI=1S/C27H28F5N3O3S2/c28-26(29)6-5-19(20(13-26)21(36)14-25(16-33)7-8-25)24-23(34-22(39-24)15-27(30,31)32)17-1-3-18(4-2-17)35-9-11-40(37,38)12-10-35/h1-4,19-20H,5-15H2/t19-,20-/m1/s1. The van der Waals surface area contributed by atoms with E-state index < -0.39 is 64.2 Å². The number of anilines is 1. The van der Waals surface area contributed by atoms with Crippen LogP contribution in [0.5, 0.6) is 0 Å². The van der Waals surface area contributed by atoms with Crippen LogP contribution in [0.1, 0.15) is 54.3 Å². The number of hydrogen-bond donors (Lipinski definition) is 0. The van der Waals surface area contributed by atoms with Gasteiger partial charge in [0.2, 0.25) is 5.92 Å². The van der Waals surface area contributed by atoms with Crippen LogP contribution in [0.4, 0.5) is 27.6 Å². The van der Waals surface area contributed by atoms with Gasteiger partial charge in [-0.15, -0.1) is 11.3 Å². The van der Waals surface area contributed by atoms with Crippen molar-refractivity contribution >= 4 is 32.6 Å². The number of benzene rings is 1. The number of carbonyl (C=O) groups is 1. The van der Waals surface area contributed by atoms with Gasteiger partial charge in [0.05, 0.1) is 35.1 Å². The van der Waals surface area contributed by atoms with Crippen LogP contribution in [-0.4, -0.2) is 55.9 Å². The van der Waals surface area contributed by atoms with Gasteiger partial charge in [-0.3, -0.25) is 4.79 Å². The van der Waals surface area contributed by atoms with E-state index in [-0.39, 0.29) is 35.0 Å². The lowest BCUT2D eigenvalue weighted by Crippen LogP contribution is -2.40. The second-order valence-corrected chi connectivity index (χ2v) is 14.6. The molecule has 0 N–H and O–H groups in total. The van der Waals surface area contributed by atoms with E-state index in [1.54, 1.807) is 24.3 Å². The maximum atomic E-state index is 14.5. The molecule has 40 heavy (non-hydrogen) atoms. The van der Waals surface area contributed by atoms with Gasteiger partial charge in [-0.05, 0) is 31.4 Å². The molecule has 0 bridgehead atoms. The predicted octanol–water partition coefficient (Wildman–Crippen LogP) is 5.93. The molecule has 2 atom stereocenters. The SMILES string of the molecule is N#CC1(CC(=O)[C@@H]2CC(F)(F)CC[C@H]2c2sc(CC(F)(F)F)nc2-c2ccc(N3CCS(=O)(=O)CC3)cc2)CC1. The maximum absolute atomic E-state index is 14.5. The summed E-state index contributed by atoms with van der Waals surface area (Å²) in [5.74, 6) is -5.33. The number of carbonyl (C=O) groups excluding carboxylic acids is 1. The van der Waals surface area contributed by atoms with Gasteiger partial charge in [-0.1, -0.05) is 12.1 Å². The number of rotatable bonds is 7. The highest BCUT2D eigenvalue weighted by atomic mass is 32.2. The Morgan fingerprint density at radius 3 is 2.35 bits per heavy atom. The molecule has 2 aromatic rings. The number of thiazole rings is 1. The number of sulfone groups is 1. The minimum Gasteiger partial charge on any atom is -0.369 e. The molecular formula is C27H28F5N3O3S2. The van der Waals surface area contributed by atoms with Crippen molar-refractivity contribution in [2.75, 3.05) is 29.5 Å². The van der Waals surface area contributed by atoms with Crippen LogP contribution in [0.3, 0.4) is 0 Å². The molecule has 216 valence electrons. The van der Waals surface area contributed by atoms with Crippen molar-refractivity contribution in [1.29, 1.82) is 5.26 Å². The van der Waals surface area contributed by atoms with Gasteiger partial charge in [0.1, 0.15) is 10.8 Å². The average Bonchev–Trinajstić information content (AvgIpc) is 3.53. The third kappa shape index (κ3) is 6.48. The van der Waals surface area contributed by atoms with Gasteiger partial charge < -0.3 is 4.90 Å². The predicted molar refractivity (Wildman–Crippen MR) is 140 cm³/mol. The first-order chi connectivity index (χ1) is 18.7. The molecule has 0 amide bonds. The van der Waals surface area contributed by atoms with Crippen LogP contribution in [-0.2, 0) is 21.1 Å². The number of ketones is 1. The Bertz CT molecular complexity index is 1410. The lowest BCUT2D eigenvalue weighted by molar-refractivity contribution is -0.132. The molecule has 1 saturated heterocycles. The summed E-state index contributed by atoms with van der Waals surface area (Å²) >= 11 is 0.810. The molecule has 1 aliphatic heterocycles. The first-order valence-electron chi connectivity index (χ1n) is 13.1. The number of Topliss-reactive ketones (excluding diaryl/α,β-unsaturated/α-hetero) is 1. The number of hydrogen-bond acceptors (Lipinski definition) is 7. The van der Waals surface area contributed by atoms with E-state index in [9.17, 15) is 40.4 Å². The van der Waals surface area contributed by atoms with Gasteiger partial charge in [-0.25, -0.2) is 22.2 Å². The van der Waals surface area contributed by atoms with Gasteiger partial charge >= 0.3 is 6.18 Å².